The normalized spacial score (nSPS) is 14.7. The molecule has 0 aliphatic carbocycles. The second kappa shape index (κ2) is 8.98. The smallest absolute Gasteiger partial charge is 0.312 e. The van der Waals surface area contributed by atoms with Gasteiger partial charge in [-0.3, -0.25) is 9.59 Å². The first-order chi connectivity index (χ1) is 17.7. The van der Waals surface area contributed by atoms with Crippen LogP contribution in [0.3, 0.4) is 0 Å². The molecule has 0 saturated heterocycles. The van der Waals surface area contributed by atoms with Gasteiger partial charge in [-0.25, -0.2) is 0 Å². The van der Waals surface area contributed by atoms with E-state index in [1.807, 2.05) is 0 Å². The minimum atomic E-state index is -0.703. The van der Waals surface area contributed by atoms with Crippen molar-refractivity contribution < 1.29 is 43.5 Å². The van der Waals surface area contributed by atoms with Gasteiger partial charge in [0.25, 0.3) is 0 Å². The number of carbonyl (C=O) groups excluding carboxylic acids is 1. The molecule has 3 aromatic carbocycles. The van der Waals surface area contributed by atoms with Gasteiger partial charge in [-0.1, -0.05) is 0 Å². The van der Waals surface area contributed by atoms with E-state index >= 15 is 0 Å². The third-order valence-corrected chi connectivity index (χ3v) is 6.29. The number of rotatable bonds is 5. The van der Waals surface area contributed by atoms with E-state index < -0.39 is 23.1 Å². The molecule has 0 radical (unpaired) electrons. The predicted octanol–water partition coefficient (Wildman–Crippen LogP) is 4.04. The molecule has 0 fully saturated rings. The Morgan fingerprint density at radius 1 is 0.838 bits per heavy atom. The number of carbonyl (C=O) groups is 1. The summed E-state index contributed by atoms with van der Waals surface area (Å²) >= 11 is 0. The fraction of sp³-hybridized carbons (Fsp3) is 0.185. The Balaban J connectivity index is 1.80. The van der Waals surface area contributed by atoms with E-state index in [9.17, 15) is 24.9 Å². The van der Waals surface area contributed by atoms with E-state index in [2.05, 4.69) is 0 Å². The molecule has 10 nitrogen and oxygen atoms in total. The highest BCUT2D eigenvalue weighted by atomic mass is 16.5. The van der Waals surface area contributed by atoms with E-state index in [1.165, 1.54) is 45.6 Å². The summed E-state index contributed by atoms with van der Waals surface area (Å²) in [4.78, 5) is 25.7. The molecule has 5 rings (SSSR count). The van der Waals surface area contributed by atoms with E-state index in [0.717, 1.165) is 0 Å². The number of benzene rings is 3. The van der Waals surface area contributed by atoms with Gasteiger partial charge in [-0.2, -0.15) is 0 Å². The van der Waals surface area contributed by atoms with Gasteiger partial charge < -0.3 is 38.7 Å². The first-order valence-corrected chi connectivity index (χ1v) is 11.1. The third-order valence-electron chi connectivity index (χ3n) is 6.29. The number of ether oxygens (including phenoxy) is 4. The summed E-state index contributed by atoms with van der Waals surface area (Å²) in [5, 5.41) is 31.1. The summed E-state index contributed by atoms with van der Waals surface area (Å²) in [6.45, 7) is 0. The molecule has 0 amide bonds. The minimum absolute atomic E-state index is 0.0105. The average molecular weight is 506 g/mol. The Labute approximate surface area is 209 Å². The van der Waals surface area contributed by atoms with Crippen molar-refractivity contribution in [3.05, 3.63) is 63.8 Å². The number of esters is 1. The molecule has 0 bridgehead atoms. The zero-order chi connectivity index (χ0) is 26.4. The Kier molecular flexibility index (Phi) is 5.79. The van der Waals surface area contributed by atoms with Gasteiger partial charge in [0.05, 0.1) is 27.8 Å². The van der Waals surface area contributed by atoms with Crippen LogP contribution < -0.4 is 24.4 Å². The first kappa shape index (κ1) is 23.9. The Hall–Kier alpha value is -4.86. The van der Waals surface area contributed by atoms with Crippen LogP contribution in [0.4, 0.5) is 0 Å². The number of phenolic OH excluding ortho intramolecular Hbond substituents is 3. The number of fused-ring (bicyclic) bond motifs is 3. The van der Waals surface area contributed by atoms with E-state index in [-0.39, 0.29) is 57.6 Å². The molecule has 0 spiro atoms. The lowest BCUT2D eigenvalue weighted by Crippen LogP contribution is -2.22. The van der Waals surface area contributed by atoms with Crippen LogP contribution in [0, 0.1) is 0 Å². The lowest BCUT2D eigenvalue weighted by Gasteiger charge is -2.26. The largest absolute Gasteiger partial charge is 0.507 e. The van der Waals surface area contributed by atoms with Crippen molar-refractivity contribution in [2.45, 2.75) is 12.3 Å². The number of hydrogen-bond donors (Lipinski definition) is 3. The molecule has 0 saturated carbocycles. The molecule has 1 aliphatic rings. The van der Waals surface area contributed by atoms with Gasteiger partial charge in [0.15, 0.2) is 28.4 Å². The molecule has 1 aromatic heterocycles. The first-order valence-electron chi connectivity index (χ1n) is 11.1. The lowest BCUT2D eigenvalue weighted by molar-refractivity contribution is -0.135. The van der Waals surface area contributed by atoms with Crippen LogP contribution in [0.5, 0.6) is 40.2 Å². The minimum Gasteiger partial charge on any atom is -0.507 e. The van der Waals surface area contributed by atoms with Gasteiger partial charge in [-0.05, 0) is 35.9 Å². The maximum atomic E-state index is 13.2. The molecule has 1 atom stereocenters. The molecule has 190 valence electrons. The van der Waals surface area contributed by atoms with E-state index in [0.29, 0.717) is 16.7 Å². The second-order valence-corrected chi connectivity index (χ2v) is 8.38. The average Bonchev–Trinajstić information content (AvgIpc) is 2.87. The van der Waals surface area contributed by atoms with Crippen molar-refractivity contribution in [3.63, 3.8) is 0 Å². The summed E-state index contributed by atoms with van der Waals surface area (Å²) < 4.78 is 27.2. The monoisotopic (exact) mass is 506 g/mol. The number of aromatic hydroxyl groups is 3. The fourth-order valence-electron chi connectivity index (χ4n) is 4.54. The summed E-state index contributed by atoms with van der Waals surface area (Å²) in [5.74, 6) is -1.44. The maximum absolute atomic E-state index is 13.2. The molecule has 4 aromatic rings. The van der Waals surface area contributed by atoms with Gasteiger partial charge in [0, 0.05) is 29.2 Å². The van der Waals surface area contributed by atoms with E-state index in [1.54, 1.807) is 18.2 Å². The van der Waals surface area contributed by atoms with Crippen LogP contribution in [0.15, 0.2) is 51.7 Å². The standard InChI is InChI=1S/C27H22O10/c1-33-18-5-4-12(6-15(18)28)19-10-16(29)25-17(30)11-20-24(27(25)37-19)14(9-23(31)36-20)13-7-21(34-2)26(32)22(8-13)35-3/h4-8,10-11,14,28,30,32H,9H2,1-3H3/t14-/m1/s1. The number of methoxy groups -OCH3 is 3. The van der Waals surface area contributed by atoms with Crippen LogP contribution in [-0.2, 0) is 4.79 Å². The summed E-state index contributed by atoms with van der Waals surface area (Å²) in [7, 11) is 4.17. The Morgan fingerprint density at radius 3 is 2.14 bits per heavy atom. The van der Waals surface area contributed by atoms with Gasteiger partial charge in [0.1, 0.15) is 28.2 Å². The SMILES string of the molecule is COc1ccc(-c2cc(=O)c3c(O)cc4c(c3o2)[C@@H](c2cc(OC)c(O)c(OC)c2)CC(=O)O4)cc1O. The Morgan fingerprint density at radius 2 is 1.51 bits per heavy atom. The van der Waals surface area contributed by atoms with Gasteiger partial charge in [0.2, 0.25) is 5.75 Å². The molecule has 0 unspecified atom stereocenters. The quantitative estimate of drug-likeness (QED) is 0.268. The van der Waals surface area contributed by atoms with Crippen LogP contribution in [0.1, 0.15) is 23.5 Å². The van der Waals surface area contributed by atoms with Crippen molar-refractivity contribution in [1.82, 2.24) is 0 Å². The highest BCUT2D eigenvalue weighted by Gasteiger charge is 2.34. The van der Waals surface area contributed by atoms with Crippen LogP contribution in [0.25, 0.3) is 22.3 Å². The number of hydrogen-bond acceptors (Lipinski definition) is 10. The molecular weight excluding hydrogens is 484 g/mol. The van der Waals surface area contributed by atoms with Crippen molar-refractivity contribution in [2.24, 2.45) is 0 Å². The van der Waals surface area contributed by atoms with E-state index in [4.69, 9.17) is 23.4 Å². The van der Waals surface area contributed by atoms with Crippen LogP contribution in [-0.4, -0.2) is 42.6 Å². The highest BCUT2D eigenvalue weighted by Crippen LogP contribution is 2.48. The lowest BCUT2D eigenvalue weighted by atomic mass is 9.84. The molecule has 10 heteroatoms. The molecule has 3 N–H and O–H groups in total. The maximum Gasteiger partial charge on any atom is 0.312 e. The highest BCUT2D eigenvalue weighted by molar-refractivity contribution is 5.93. The van der Waals surface area contributed by atoms with Gasteiger partial charge in [-0.15, -0.1) is 0 Å². The summed E-state index contributed by atoms with van der Waals surface area (Å²) in [6, 6.07) is 10.0. The molecule has 37 heavy (non-hydrogen) atoms. The molecule has 2 heterocycles. The summed E-state index contributed by atoms with van der Waals surface area (Å²) in [6.07, 6.45) is -0.124. The van der Waals surface area contributed by atoms with Crippen molar-refractivity contribution in [1.29, 1.82) is 0 Å². The zero-order valence-corrected chi connectivity index (χ0v) is 20.0. The van der Waals surface area contributed by atoms with Crippen molar-refractivity contribution >= 4 is 16.9 Å². The third kappa shape index (κ3) is 3.92. The predicted molar refractivity (Wildman–Crippen MR) is 131 cm³/mol. The van der Waals surface area contributed by atoms with Crippen LogP contribution >= 0.6 is 0 Å². The molecule has 1 aliphatic heterocycles. The zero-order valence-electron chi connectivity index (χ0n) is 20.0. The molecular formula is C27H22O10. The second-order valence-electron chi connectivity index (χ2n) is 8.38. The fourth-order valence-corrected chi connectivity index (χ4v) is 4.54. The summed E-state index contributed by atoms with van der Waals surface area (Å²) in [5.41, 5.74) is 0.719. The Bertz CT molecular complexity index is 1590. The van der Waals surface area contributed by atoms with Crippen molar-refractivity contribution in [3.8, 4) is 51.6 Å². The van der Waals surface area contributed by atoms with Crippen LogP contribution in [0.2, 0.25) is 0 Å². The van der Waals surface area contributed by atoms with Gasteiger partial charge >= 0.3 is 5.97 Å². The number of phenols is 3. The van der Waals surface area contributed by atoms with Crippen molar-refractivity contribution in [2.75, 3.05) is 21.3 Å². The topological polar surface area (TPSA) is 145 Å².